The van der Waals surface area contributed by atoms with E-state index in [4.69, 9.17) is 11.2 Å². The topological polar surface area (TPSA) is 41.5 Å². The van der Waals surface area contributed by atoms with Gasteiger partial charge in [-0.15, -0.1) is 6.42 Å². The second-order valence-electron chi connectivity index (χ2n) is 5.52. The van der Waals surface area contributed by atoms with Gasteiger partial charge < -0.3 is 15.2 Å². The van der Waals surface area contributed by atoms with Crippen molar-refractivity contribution in [2.75, 3.05) is 19.8 Å². The van der Waals surface area contributed by atoms with E-state index in [0.717, 1.165) is 25.9 Å². The molecular weight excluding hydrogens is 250 g/mol. The zero-order valence-electron chi connectivity index (χ0n) is 13.5. The second-order valence-corrected chi connectivity index (χ2v) is 5.52. The quantitative estimate of drug-likeness (QED) is 0.511. The Morgan fingerprint density at radius 3 is 2.45 bits per heavy atom. The van der Waals surface area contributed by atoms with Crippen molar-refractivity contribution in [3.63, 3.8) is 0 Å². The average molecular weight is 283 g/mol. The van der Waals surface area contributed by atoms with Gasteiger partial charge in [-0.05, 0) is 18.8 Å². The SMILES string of the molecule is C#CC(CCC)NCC(O)COCC(CC)CCCC. The van der Waals surface area contributed by atoms with E-state index in [0.29, 0.717) is 19.1 Å². The zero-order chi connectivity index (χ0) is 15.2. The summed E-state index contributed by atoms with van der Waals surface area (Å²) in [5.74, 6) is 3.32. The molecule has 0 amide bonds. The molecule has 0 heterocycles. The van der Waals surface area contributed by atoms with Crippen LogP contribution in [-0.2, 0) is 4.74 Å². The molecule has 0 aromatic rings. The van der Waals surface area contributed by atoms with Crippen molar-refractivity contribution in [1.82, 2.24) is 5.32 Å². The van der Waals surface area contributed by atoms with Crippen LogP contribution in [-0.4, -0.2) is 37.0 Å². The lowest BCUT2D eigenvalue weighted by Crippen LogP contribution is -2.37. The van der Waals surface area contributed by atoms with Crippen molar-refractivity contribution < 1.29 is 9.84 Å². The van der Waals surface area contributed by atoms with E-state index in [1.807, 2.05) is 0 Å². The van der Waals surface area contributed by atoms with Crippen LogP contribution in [0.15, 0.2) is 0 Å². The van der Waals surface area contributed by atoms with Crippen LogP contribution in [0.25, 0.3) is 0 Å². The van der Waals surface area contributed by atoms with Gasteiger partial charge in [-0.2, -0.15) is 0 Å². The first-order valence-electron chi connectivity index (χ1n) is 8.13. The number of aliphatic hydroxyl groups excluding tert-OH is 1. The van der Waals surface area contributed by atoms with Gasteiger partial charge in [0.25, 0.3) is 0 Å². The lowest BCUT2D eigenvalue weighted by Gasteiger charge is -2.18. The van der Waals surface area contributed by atoms with Gasteiger partial charge in [0, 0.05) is 13.2 Å². The number of unbranched alkanes of at least 4 members (excludes halogenated alkanes) is 1. The third-order valence-corrected chi connectivity index (χ3v) is 3.59. The van der Waals surface area contributed by atoms with E-state index in [-0.39, 0.29) is 6.04 Å². The number of hydrogen-bond donors (Lipinski definition) is 2. The van der Waals surface area contributed by atoms with E-state index >= 15 is 0 Å². The molecule has 0 aliphatic carbocycles. The monoisotopic (exact) mass is 283 g/mol. The Kier molecular flexibility index (Phi) is 13.0. The standard InChI is InChI=1S/C17H33NO2/c1-5-9-11-15(7-3)13-20-14-17(19)12-18-16(8-4)10-6-2/h4,15-19H,5-7,9-14H2,1-3H3. The van der Waals surface area contributed by atoms with Crippen LogP contribution in [0.2, 0.25) is 0 Å². The number of terminal acetylenes is 1. The minimum Gasteiger partial charge on any atom is -0.389 e. The number of hydrogen-bond acceptors (Lipinski definition) is 3. The molecule has 0 spiro atoms. The lowest BCUT2D eigenvalue weighted by atomic mass is 10.0. The molecule has 3 unspecified atom stereocenters. The fraction of sp³-hybridized carbons (Fsp3) is 0.882. The molecule has 3 atom stereocenters. The molecule has 0 aliphatic heterocycles. The van der Waals surface area contributed by atoms with Gasteiger partial charge in [-0.3, -0.25) is 0 Å². The lowest BCUT2D eigenvalue weighted by molar-refractivity contribution is 0.0188. The minimum atomic E-state index is -0.480. The Labute approximate surface area is 125 Å². The first kappa shape index (κ1) is 19.4. The molecule has 2 N–H and O–H groups in total. The van der Waals surface area contributed by atoms with Crippen LogP contribution in [0.3, 0.4) is 0 Å². The van der Waals surface area contributed by atoms with Crippen LogP contribution in [0.1, 0.15) is 59.3 Å². The Morgan fingerprint density at radius 1 is 1.15 bits per heavy atom. The van der Waals surface area contributed by atoms with Gasteiger partial charge in [0.1, 0.15) is 0 Å². The fourth-order valence-electron chi connectivity index (χ4n) is 2.14. The Balaban J connectivity index is 3.71. The van der Waals surface area contributed by atoms with Crippen LogP contribution < -0.4 is 5.32 Å². The first-order valence-corrected chi connectivity index (χ1v) is 8.13. The van der Waals surface area contributed by atoms with E-state index in [9.17, 15) is 5.11 Å². The molecule has 0 saturated carbocycles. The normalized spacial score (nSPS) is 15.6. The highest BCUT2D eigenvalue weighted by Gasteiger charge is 2.10. The molecule has 0 saturated heterocycles. The third kappa shape index (κ3) is 10.3. The maximum atomic E-state index is 9.87. The van der Waals surface area contributed by atoms with Gasteiger partial charge in [0.2, 0.25) is 0 Å². The molecule has 20 heavy (non-hydrogen) atoms. The van der Waals surface area contributed by atoms with Crippen LogP contribution >= 0.6 is 0 Å². The minimum absolute atomic E-state index is 0.0580. The summed E-state index contributed by atoms with van der Waals surface area (Å²) in [6.07, 6.45) is 11.8. The molecule has 0 aromatic carbocycles. The Hall–Kier alpha value is -0.560. The van der Waals surface area contributed by atoms with Crippen LogP contribution in [0.5, 0.6) is 0 Å². The molecule has 0 fully saturated rings. The van der Waals surface area contributed by atoms with E-state index in [1.165, 1.54) is 19.3 Å². The molecule has 3 nitrogen and oxygen atoms in total. The highest BCUT2D eigenvalue weighted by Crippen LogP contribution is 2.12. The summed E-state index contributed by atoms with van der Waals surface area (Å²) >= 11 is 0. The van der Waals surface area contributed by atoms with Crippen molar-refractivity contribution in [2.24, 2.45) is 5.92 Å². The summed E-state index contributed by atoms with van der Waals surface area (Å²) in [7, 11) is 0. The van der Waals surface area contributed by atoms with Crippen molar-refractivity contribution >= 4 is 0 Å². The van der Waals surface area contributed by atoms with Crippen LogP contribution in [0.4, 0.5) is 0 Å². The number of rotatable bonds is 13. The summed E-state index contributed by atoms with van der Waals surface area (Å²) in [6, 6.07) is 0.0580. The molecule has 0 radical (unpaired) electrons. The summed E-state index contributed by atoms with van der Waals surface area (Å²) < 4.78 is 5.63. The van der Waals surface area contributed by atoms with Crippen molar-refractivity contribution in [2.45, 2.75) is 71.4 Å². The predicted molar refractivity (Wildman–Crippen MR) is 85.7 cm³/mol. The number of aliphatic hydroxyl groups is 1. The molecule has 0 bridgehead atoms. The Bertz CT molecular complexity index is 250. The highest BCUT2D eigenvalue weighted by atomic mass is 16.5. The summed E-state index contributed by atoms with van der Waals surface area (Å²) in [5.41, 5.74) is 0. The van der Waals surface area contributed by atoms with Gasteiger partial charge in [0.15, 0.2) is 0 Å². The summed E-state index contributed by atoms with van der Waals surface area (Å²) in [5, 5.41) is 13.1. The van der Waals surface area contributed by atoms with E-state index in [1.54, 1.807) is 0 Å². The largest absolute Gasteiger partial charge is 0.389 e. The summed E-state index contributed by atoms with van der Waals surface area (Å²) in [4.78, 5) is 0. The highest BCUT2D eigenvalue weighted by molar-refractivity contribution is 4.98. The zero-order valence-corrected chi connectivity index (χ0v) is 13.5. The number of ether oxygens (including phenoxy) is 1. The van der Waals surface area contributed by atoms with Crippen molar-refractivity contribution in [1.29, 1.82) is 0 Å². The van der Waals surface area contributed by atoms with Crippen molar-refractivity contribution in [3.05, 3.63) is 0 Å². The fourth-order valence-corrected chi connectivity index (χ4v) is 2.14. The molecule has 0 aliphatic rings. The molecular formula is C17H33NO2. The summed E-state index contributed by atoms with van der Waals surface area (Å²) in [6.45, 7) is 8.15. The van der Waals surface area contributed by atoms with Gasteiger partial charge >= 0.3 is 0 Å². The van der Waals surface area contributed by atoms with Gasteiger partial charge in [0.05, 0.1) is 18.8 Å². The molecule has 118 valence electrons. The van der Waals surface area contributed by atoms with Crippen LogP contribution in [0, 0.1) is 18.3 Å². The maximum absolute atomic E-state index is 9.87. The van der Waals surface area contributed by atoms with E-state index < -0.39 is 6.10 Å². The second kappa shape index (κ2) is 13.4. The maximum Gasteiger partial charge on any atom is 0.0898 e. The van der Waals surface area contributed by atoms with Gasteiger partial charge in [-0.25, -0.2) is 0 Å². The van der Waals surface area contributed by atoms with Gasteiger partial charge in [-0.1, -0.05) is 52.4 Å². The Morgan fingerprint density at radius 2 is 1.90 bits per heavy atom. The molecule has 0 rings (SSSR count). The number of nitrogens with one attached hydrogen (secondary N) is 1. The third-order valence-electron chi connectivity index (χ3n) is 3.59. The average Bonchev–Trinajstić information content (AvgIpc) is 2.46. The molecule has 0 aromatic heterocycles. The smallest absolute Gasteiger partial charge is 0.0898 e. The predicted octanol–water partition coefficient (Wildman–Crippen LogP) is 2.97. The first-order chi connectivity index (χ1) is 9.67. The van der Waals surface area contributed by atoms with E-state index in [2.05, 4.69) is 32.0 Å². The van der Waals surface area contributed by atoms with Crippen molar-refractivity contribution in [3.8, 4) is 12.3 Å². The molecule has 3 heteroatoms.